The van der Waals surface area contributed by atoms with Gasteiger partial charge in [-0.15, -0.1) is 13.2 Å². The van der Waals surface area contributed by atoms with E-state index < -0.39 is 6.36 Å². The molecule has 0 fully saturated rings. The summed E-state index contributed by atoms with van der Waals surface area (Å²) in [7, 11) is 0. The second-order valence-electron chi connectivity index (χ2n) is 5.93. The lowest BCUT2D eigenvalue weighted by Crippen LogP contribution is -2.24. The lowest BCUT2D eigenvalue weighted by atomic mass is 10.1. The van der Waals surface area contributed by atoms with Crippen LogP contribution in [0.3, 0.4) is 0 Å². The Hall–Kier alpha value is -1.59. The van der Waals surface area contributed by atoms with E-state index >= 15 is 0 Å². The summed E-state index contributed by atoms with van der Waals surface area (Å²) in [4.78, 5) is 0. The van der Waals surface area contributed by atoms with Crippen LogP contribution in [0.2, 0.25) is 0 Å². The summed E-state index contributed by atoms with van der Waals surface area (Å²) in [5, 5.41) is 2.32. The van der Waals surface area contributed by atoms with Crippen molar-refractivity contribution < 1.29 is 22.6 Å². The van der Waals surface area contributed by atoms with Gasteiger partial charge in [-0.2, -0.15) is 0 Å². The maximum Gasteiger partial charge on any atom is 0.522 e. The topological polar surface area (TPSA) is 18.5 Å². The minimum atomic E-state index is -4.52. The Bertz CT molecular complexity index is 608. The Morgan fingerprint density at radius 3 is 2.40 bits per heavy atom. The van der Waals surface area contributed by atoms with E-state index in [-0.39, 0.29) is 6.61 Å². The van der Waals surface area contributed by atoms with E-state index in [1.807, 2.05) is 18.2 Å². The highest BCUT2D eigenvalue weighted by atomic mass is 19.4. The van der Waals surface area contributed by atoms with E-state index in [0.717, 1.165) is 18.1 Å². The van der Waals surface area contributed by atoms with Gasteiger partial charge in [0.25, 0.3) is 0 Å². The molecule has 1 unspecified atom stereocenters. The van der Waals surface area contributed by atoms with Gasteiger partial charge in [0, 0.05) is 13.2 Å². The Balaban J connectivity index is 2.20. The van der Waals surface area contributed by atoms with Gasteiger partial charge in [-0.05, 0) is 42.0 Å². The van der Waals surface area contributed by atoms with Gasteiger partial charge >= 0.3 is 6.36 Å². The predicted molar refractivity (Wildman–Crippen MR) is 95.3 cm³/mol. The van der Waals surface area contributed by atoms with Gasteiger partial charge in [-0.3, -0.25) is 4.74 Å². The van der Waals surface area contributed by atoms with Gasteiger partial charge in [-0.25, -0.2) is 0 Å². The first-order valence-electron chi connectivity index (χ1n) is 8.60. The minimum Gasteiger partial charge on any atom is -0.381 e. The molecule has 2 nitrogen and oxygen atoms in total. The number of allylic oxidation sites excluding steroid dienone is 1. The molecule has 140 valence electrons. The molecule has 0 aliphatic rings. The molecule has 0 radical (unpaired) electrons. The van der Waals surface area contributed by atoms with Crippen LogP contribution in [0, 0.1) is 5.92 Å². The summed E-state index contributed by atoms with van der Waals surface area (Å²) < 4.78 is 44.6. The van der Waals surface area contributed by atoms with Gasteiger partial charge in [0.05, 0.1) is 6.61 Å². The monoisotopic (exact) mass is 356 g/mol. The molecule has 0 aliphatic heterocycles. The van der Waals surface area contributed by atoms with Crippen LogP contribution < -0.4 is 10.4 Å². The first kappa shape index (κ1) is 21.5. The molecule has 0 amide bonds. The summed E-state index contributed by atoms with van der Waals surface area (Å²) in [6.45, 7) is 6.80. The zero-order valence-corrected chi connectivity index (χ0v) is 14.7. The third-order valence-corrected chi connectivity index (χ3v) is 3.67. The van der Waals surface area contributed by atoms with Gasteiger partial charge < -0.3 is 4.74 Å². The fourth-order valence-corrected chi connectivity index (χ4v) is 2.37. The van der Waals surface area contributed by atoms with Crippen LogP contribution in [0.4, 0.5) is 13.2 Å². The van der Waals surface area contributed by atoms with Crippen LogP contribution in [0.1, 0.15) is 32.6 Å². The van der Waals surface area contributed by atoms with Crippen LogP contribution >= 0.6 is 0 Å². The molecule has 5 heteroatoms. The van der Waals surface area contributed by atoms with Crippen LogP contribution in [0.15, 0.2) is 36.9 Å². The molecule has 0 bridgehead atoms. The van der Waals surface area contributed by atoms with Crippen molar-refractivity contribution in [2.24, 2.45) is 5.92 Å². The molecule has 0 N–H and O–H groups in total. The zero-order chi connectivity index (χ0) is 18.5. The predicted octanol–water partition coefficient (Wildman–Crippen LogP) is 4.18. The van der Waals surface area contributed by atoms with Crippen LogP contribution in [-0.2, 0) is 9.47 Å². The van der Waals surface area contributed by atoms with Crippen molar-refractivity contribution in [3.05, 3.63) is 47.4 Å². The number of benzene rings is 1. The molecule has 0 aromatic heterocycles. The average molecular weight is 356 g/mol. The summed E-state index contributed by atoms with van der Waals surface area (Å²) in [5.74, 6) is 0.375. The number of rotatable bonds is 11. The maximum atomic E-state index is 11.8. The lowest BCUT2D eigenvalue weighted by molar-refractivity contribution is -0.324. The Labute approximate surface area is 147 Å². The van der Waals surface area contributed by atoms with Gasteiger partial charge in [-0.1, -0.05) is 56.0 Å². The van der Waals surface area contributed by atoms with Gasteiger partial charge in [0.1, 0.15) is 0 Å². The summed E-state index contributed by atoms with van der Waals surface area (Å²) in [6, 6.07) is 8.15. The Kier molecular flexibility index (Phi) is 10.2. The fraction of sp³-hybridized carbons (Fsp3) is 0.500. The SMILES string of the molecule is C=C/C=c1/cccc/c1=C/C(C)CCOCCCCCOC(F)(F)F. The quantitative estimate of drug-likeness (QED) is 0.554. The summed E-state index contributed by atoms with van der Waals surface area (Å²) in [6.07, 6.45) is 4.17. The van der Waals surface area contributed by atoms with Crippen LogP contribution in [0.25, 0.3) is 12.2 Å². The molecule has 1 rings (SSSR count). The van der Waals surface area contributed by atoms with E-state index in [9.17, 15) is 13.2 Å². The van der Waals surface area contributed by atoms with Crippen molar-refractivity contribution in [3.8, 4) is 0 Å². The first-order chi connectivity index (χ1) is 11.9. The van der Waals surface area contributed by atoms with Crippen molar-refractivity contribution in [2.75, 3.05) is 19.8 Å². The van der Waals surface area contributed by atoms with Crippen molar-refractivity contribution in [3.63, 3.8) is 0 Å². The fourth-order valence-electron chi connectivity index (χ4n) is 2.37. The molecule has 0 aliphatic carbocycles. The van der Waals surface area contributed by atoms with Crippen molar-refractivity contribution in [2.45, 2.75) is 39.0 Å². The van der Waals surface area contributed by atoms with E-state index in [0.29, 0.717) is 32.0 Å². The minimum absolute atomic E-state index is 0.281. The molecule has 0 saturated carbocycles. The van der Waals surface area contributed by atoms with E-state index in [1.54, 1.807) is 6.08 Å². The van der Waals surface area contributed by atoms with Gasteiger partial charge in [0.15, 0.2) is 0 Å². The van der Waals surface area contributed by atoms with Crippen molar-refractivity contribution >= 4 is 12.2 Å². The molecule has 25 heavy (non-hydrogen) atoms. The standard InChI is InChI=1S/C20H27F3O2/c1-3-9-18-10-5-6-11-19(18)16-17(2)12-15-24-13-7-4-8-14-25-20(21,22)23/h3,5-6,9-11,16-17H,1,4,7-8,12-15H2,2H3/b18-9-,19-16-. The number of hydrogen-bond donors (Lipinski definition) is 0. The molecule has 1 aromatic carbocycles. The largest absolute Gasteiger partial charge is 0.522 e. The molecule has 1 aromatic rings. The third kappa shape index (κ3) is 10.8. The van der Waals surface area contributed by atoms with Crippen molar-refractivity contribution in [1.82, 2.24) is 0 Å². The molecule has 0 saturated heterocycles. The second kappa shape index (κ2) is 11.9. The Morgan fingerprint density at radius 2 is 1.72 bits per heavy atom. The van der Waals surface area contributed by atoms with Crippen LogP contribution in [0.5, 0.6) is 0 Å². The highest BCUT2D eigenvalue weighted by Gasteiger charge is 2.28. The molecule has 0 spiro atoms. The lowest BCUT2D eigenvalue weighted by Gasteiger charge is -2.08. The zero-order valence-electron chi connectivity index (χ0n) is 14.7. The third-order valence-electron chi connectivity index (χ3n) is 3.67. The molecule has 1 atom stereocenters. The molecular formula is C20H27F3O2. The molecule has 0 heterocycles. The number of unbranched alkanes of at least 4 members (excludes halogenated alkanes) is 2. The average Bonchev–Trinajstić information content (AvgIpc) is 2.54. The van der Waals surface area contributed by atoms with Crippen LogP contribution in [-0.4, -0.2) is 26.2 Å². The first-order valence-corrected chi connectivity index (χ1v) is 8.60. The van der Waals surface area contributed by atoms with E-state index in [2.05, 4.69) is 36.4 Å². The number of halogens is 3. The molecular weight excluding hydrogens is 329 g/mol. The summed E-state index contributed by atoms with van der Waals surface area (Å²) >= 11 is 0. The Morgan fingerprint density at radius 1 is 1.04 bits per heavy atom. The highest BCUT2D eigenvalue weighted by molar-refractivity contribution is 5.39. The number of ether oxygens (including phenoxy) is 2. The normalized spacial score (nSPS) is 14.7. The van der Waals surface area contributed by atoms with Gasteiger partial charge in [0.2, 0.25) is 0 Å². The highest BCUT2D eigenvalue weighted by Crippen LogP contribution is 2.16. The van der Waals surface area contributed by atoms with E-state index in [1.165, 1.54) is 5.22 Å². The smallest absolute Gasteiger partial charge is 0.381 e. The second-order valence-corrected chi connectivity index (χ2v) is 5.93. The number of alkyl halides is 3. The van der Waals surface area contributed by atoms with E-state index in [4.69, 9.17) is 4.74 Å². The van der Waals surface area contributed by atoms with Crippen molar-refractivity contribution in [1.29, 1.82) is 0 Å². The summed E-state index contributed by atoms with van der Waals surface area (Å²) in [5.41, 5.74) is 0. The maximum absolute atomic E-state index is 11.8. The number of hydrogen-bond acceptors (Lipinski definition) is 2.